The van der Waals surface area contributed by atoms with Gasteiger partial charge in [-0.15, -0.1) is 0 Å². The molecule has 1 aliphatic heterocycles. The fourth-order valence-corrected chi connectivity index (χ4v) is 4.69. The maximum Gasteiger partial charge on any atom is 0.258 e. The molecule has 0 aliphatic carbocycles. The first-order valence-corrected chi connectivity index (χ1v) is 10.5. The van der Waals surface area contributed by atoms with Crippen LogP contribution in [0.15, 0.2) is 48.5 Å². The SMILES string of the molecule is CC(C)CS(=O)(=O)Nc1ccc2c(c1)N(C(=O)c1ccccc1)CCC2. The van der Waals surface area contributed by atoms with Crippen molar-refractivity contribution in [1.82, 2.24) is 0 Å². The number of benzene rings is 2. The minimum atomic E-state index is -3.40. The lowest BCUT2D eigenvalue weighted by atomic mass is 10.00. The molecule has 26 heavy (non-hydrogen) atoms. The van der Waals surface area contributed by atoms with Crippen LogP contribution < -0.4 is 9.62 Å². The molecule has 0 radical (unpaired) electrons. The van der Waals surface area contributed by atoms with Crippen LogP contribution in [0.25, 0.3) is 0 Å². The summed E-state index contributed by atoms with van der Waals surface area (Å²) in [5.41, 5.74) is 2.98. The predicted octanol–water partition coefficient (Wildman–Crippen LogP) is 3.68. The number of fused-ring (bicyclic) bond motifs is 1. The average molecular weight is 372 g/mol. The molecule has 1 N–H and O–H groups in total. The number of nitrogens with zero attached hydrogens (tertiary/aromatic N) is 1. The zero-order valence-corrected chi connectivity index (χ0v) is 15.9. The lowest BCUT2D eigenvalue weighted by Gasteiger charge is -2.30. The maximum atomic E-state index is 12.9. The van der Waals surface area contributed by atoms with Gasteiger partial charge < -0.3 is 4.90 Å². The highest BCUT2D eigenvalue weighted by Gasteiger charge is 2.24. The summed E-state index contributed by atoms with van der Waals surface area (Å²) in [6.45, 7) is 4.36. The van der Waals surface area contributed by atoms with Gasteiger partial charge in [0.05, 0.1) is 11.4 Å². The molecular formula is C20H24N2O3S. The Kier molecular flexibility index (Phi) is 5.32. The molecule has 0 spiro atoms. The molecule has 0 aromatic heterocycles. The lowest BCUT2D eigenvalue weighted by molar-refractivity contribution is 0.0985. The summed E-state index contributed by atoms with van der Waals surface area (Å²) in [6, 6.07) is 14.6. The van der Waals surface area contributed by atoms with Crippen LogP contribution in [-0.2, 0) is 16.4 Å². The molecule has 0 fully saturated rings. The highest BCUT2D eigenvalue weighted by molar-refractivity contribution is 7.92. The fourth-order valence-electron chi connectivity index (χ4n) is 3.25. The van der Waals surface area contributed by atoms with Gasteiger partial charge >= 0.3 is 0 Å². The van der Waals surface area contributed by atoms with Crippen LogP contribution in [0.3, 0.4) is 0 Å². The van der Waals surface area contributed by atoms with Crippen LogP contribution in [0.4, 0.5) is 11.4 Å². The molecule has 1 heterocycles. The Morgan fingerprint density at radius 1 is 1.15 bits per heavy atom. The van der Waals surface area contributed by atoms with Gasteiger partial charge in [0, 0.05) is 17.8 Å². The molecule has 0 unspecified atom stereocenters. The third kappa shape index (κ3) is 4.25. The van der Waals surface area contributed by atoms with Crippen molar-refractivity contribution in [3.8, 4) is 0 Å². The highest BCUT2D eigenvalue weighted by atomic mass is 32.2. The van der Waals surface area contributed by atoms with E-state index in [0.717, 1.165) is 24.1 Å². The Labute approximate surface area is 155 Å². The summed E-state index contributed by atoms with van der Waals surface area (Å²) in [7, 11) is -3.40. The van der Waals surface area contributed by atoms with E-state index in [-0.39, 0.29) is 17.6 Å². The average Bonchev–Trinajstić information content (AvgIpc) is 2.60. The van der Waals surface area contributed by atoms with Gasteiger partial charge in [-0.25, -0.2) is 8.42 Å². The third-order valence-electron chi connectivity index (χ3n) is 4.30. The molecule has 3 rings (SSSR count). The molecule has 0 bridgehead atoms. The molecule has 0 saturated heterocycles. The highest BCUT2D eigenvalue weighted by Crippen LogP contribution is 2.31. The Morgan fingerprint density at radius 2 is 1.88 bits per heavy atom. The number of hydrogen-bond acceptors (Lipinski definition) is 3. The van der Waals surface area contributed by atoms with E-state index in [2.05, 4.69) is 4.72 Å². The number of rotatable bonds is 5. The number of aryl methyl sites for hydroxylation is 1. The summed E-state index contributed by atoms with van der Waals surface area (Å²) in [5.74, 6) is 0.0477. The van der Waals surface area contributed by atoms with E-state index >= 15 is 0 Å². The number of hydrogen-bond donors (Lipinski definition) is 1. The van der Waals surface area contributed by atoms with Crippen molar-refractivity contribution >= 4 is 27.3 Å². The largest absolute Gasteiger partial charge is 0.308 e. The summed E-state index contributed by atoms with van der Waals surface area (Å²) in [6.07, 6.45) is 1.77. The van der Waals surface area contributed by atoms with Crippen LogP contribution >= 0.6 is 0 Å². The summed E-state index contributed by atoms with van der Waals surface area (Å²) >= 11 is 0. The van der Waals surface area contributed by atoms with E-state index in [1.165, 1.54) is 0 Å². The van der Waals surface area contributed by atoms with Gasteiger partial charge in [0.15, 0.2) is 0 Å². The van der Waals surface area contributed by atoms with Crippen molar-refractivity contribution in [2.75, 3.05) is 21.9 Å². The zero-order valence-electron chi connectivity index (χ0n) is 15.1. The maximum absolute atomic E-state index is 12.9. The summed E-state index contributed by atoms with van der Waals surface area (Å²) < 4.78 is 27.1. The van der Waals surface area contributed by atoms with Crippen molar-refractivity contribution in [3.63, 3.8) is 0 Å². The van der Waals surface area contributed by atoms with E-state index in [4.69, 9.17) is 0 Å². The molecule has 2 aromatic carbocycles. The normalized spacial score (nSPS) is 14.2. The zero-order chi connectivity index (χ0) is 18.7. The van der Waals surface area contributed by atoms with Crippen molar-refractivity contribution in [2.45, 2.75) is 26.7 Å². The van der Waals surface area contributed by atoms with Gasteiger partial charge in [0.1, 0.15) is 0 Å². The number of anilines is 2. The first-order valence-electron chi connectivity index (χ1n) is 8.86. The molecular weight excluding hydrogens is 348 g/mol. The Morgan fingerprint density at radius 3 is 2.58 bits per heavy atom. The second-order valence-corrected chi connectivity index (χ2v) is 8.81. The fraction of sp³-hybridized carbons (Fsp3) is 0.350. The Bertz CT molecular complexity index is 893. The smallest absolute Gasteiger partial charge is 0.258 e. The van der Waals surface area contributed by atoms with Crippen LogP contribution in [-0.4, -0.2) is 26.6 Å². The van der Waals surface area contributed by atoms with E-state index in [9.17, 15) is 13.2 Å². The van der Waals surface area contributed by atoms with Crippen LogP contribution in [0, 0.1) is 5.92 Å². The number of amides is 1. The number of sulfonamides is 1. The van der Waals surface area contributed by atoms with Gasteiger partial charge in [-0.2, -0.15) is 0 Å². The number of nitrogens with one attached hydrogen (secondary N) is 1. The second kappa shape index (κ2) is 7.50. The Hall–Kier alpha value is -2.34. The third-order valence-corrected chi connectivity index (χ3v) is 5.95. The van der Waals surface area contributed by atoms with E-state index in [1.54, 1.807) is 29.2 Å². The monoisotopic (exact) mass is 372 g/mol. The second-order valence-electron chi connectivity index (χ2n) is 7.05. The number of carbonyl (C=O) groups excluding carboxylic acids is 1. The van der Waals surface area contributed by atoms with E-state index in [1.807, 2.05) is 38.1 Å². The van der Waals surface area contributed by atoms with Crippen LogP contribution in [0.2, 0.25) is 0 Å². The molecule has 138 valence electrons. The number of carbonyl (C=O) groups is 1. The van der Waals surface area contributed by atoms with E-state index < -0.39 is 10.0 Å². The standard InChI is InChI=1S/C20H24N2O3S/c1-15(2)14-26(24,25)21-18-11-10-16-9-6-12-22(19(16)13-18)20(23)17-7-4-3-5-8-17/h3-5,7-8,10-11,13,15,21H,6,9,12,14H2,1-2H3. The van der Waals surface area contributed by atoms with Gasteiger partial charge in [-0.1, -0.05) is 38.1 Å². The first-order chi connectivity index (χ1) is 12.4. The minimum Gasteiger partial charge on any atom is -0.308 e. The van der Waals surface area contributed by atoms with Crippen molar-refractivity contribution in [1.29, 1.82) is 0 Å². The van der Waals surface area contributed by atoms with Crippen LogP contribution in [0.5, 0.6) is 0 Å². The molecule has 2 aromatic rings. The van der Waals surface area contributed by atoms with Crippen molar-refractivity contribution in [3.05, 3.63) is 59.7 Å². The van der Waals surface area contributed by atoms with Gasteiger partial charge in [-0.05, 0) is 48.6 Å². The predicted molar refractivity (Wildman–Crippen MR) is 105 cm³/mol. The molecule has 6 heteroatoms. The molecule has 1 amide bonds. The van der Waals surface area contributed by atoms with Crippen molar-refractivity contribution in [2.24, 2.45) is 5.92 Å². The molecule has 0 atom stereocenters. The summed E-state index contributed by atoms with van der Waals surface area (Å²) in [5, 5.41) is 0. The van der Waals surface area contributed by atoms with Gasteiger partial charge in [0.2, 0.25) is 10.0 Å². The molecule has 1 aliphatic rings. The van der Waals surface area contributed by atoms with E-state index in [0.29, 0.717) is 17.8 Å². The quantitative estimate of drug-likeness (QED) is 0.871. The first kappa shape index (κ1) is 18.5. The van der Waals surface area contributed by atoms with Gasteiger partial charge in [0.25, 0.3) is 5.91 Å². The topological polar surface area (TPSA) is 66.5 Å². The van der Waals surface area contributed by atoms with Gasteiger partial charge in [-0.3, -0.25) is 9.52 Å². The van der Waals surface area contributed by atoms with Crippen LogP contribution in [0.1, 0.15) is 36.2 Å². The summed E-state index contributed by atoms with van der Waals surface area (Å²) in [4.78, 5) is 14.6. The minimum absolute atomic E-state index is 0.0429. The Balaban J connectivity index is 1.90. The van der Waals surface area contributed by atoms with Crippen molar-refractivity contribution < 1.29 is 13.2 Å². The lowest BCUT2D eigenvalue weighted by Crippen LogP contribution is -2.35. The molecule has 0 saturated carbocycles. The molecule has 5 nitrogen and oxygen atoms in total.